The second-order valence-corrected chi connectivity index (χ2v) is 3.84. The van der Waals surface area contributed by atoms with Crippen molar-refractivity contribution in [2.75, 3.05) is 26.1 Å². The Morgan fingerprint density at radius 2 is 2.12 bits per heavy atom. The first-order valence-electron chi connectivity index (χ1n) is 5.42. The minimum atomic E-state index is -0.462. The van der Waals surface area contributed by atoms with Gasteiger partial charge < -0.3 is 19.9 Å². The van der Waals surface area contributed by atoms with Gasteiger partial charge in [0.2, 0.25) is 0 Å². The molecule has 92 valence electrons. The van der Waals surface area contributed by atoms with Crippen LogP contribution in [0.1, 0.15) is 22.3 Å². The molecule has 2 N–H and O–H groups in total. The quantitative estimate of drug-likeness (QED) is 0.592. The number of benzene rings is 1. The smallest absolute Gasteiger partial charge is 0.340 e. The van der Waals surface area contributed by atoms with Crippen molar-refractivity contribution in [1.82, 2.24) is 0 Å². The van der Waals surface area contributed by atoms with Gasteiger partial charge in [-0.1, -0.05) is 0 Å². The SMILES string of the molecule is COC(=O)c1c(N)cc2c(c1C)OCCCO2. The Balaban J connectivity index is 2.56. The molecule has 1 aromatic carbocycles. The van der Waals surface area contributed by atoms with Crippen molar-refractivity contribution in [2.45, 2.75) is 13.3 Å². The molecule has 0 fully saturated rings. The molecule has 0 radical (unpaired) electrons. The van der Waals surface area contributed by atoms with Crippen molar-refractivity contribution in [2.24, 2.45) is 0 Å². The van der Waals surface area contributed by atoms with E-state index in [1.807, 2.05) is 0 Å². The number of esters is 1. The van der Waals surface area contributed by atoms with Gasteiger partial charge in [0.05, 0.1) is 31.6 Å². The molecule has 1 heterocycles. The topological polar surface area (TPSA) is 70.8 Å². The maximum absolute atomic E-state index is 11.6. The number of carbonyl (C=O) groups excluding carboxylic acids is 1. The molecule has 1 aromatic rings. The highest BCUT2D eigenvalue weighted by molar-refractivity contribution is 5.98. The lowest BCUT2D eigenvalue weighted by molar-refractivity contribution is 0.0600. The monoisotopic (exact) mass is 237 g/mol. The number of fused-ring (bicyclic) bond motifs is 1. The van der Waals surface area contributed by atoms with E-state index in [1.165, 1.54) is 7.11 Å². The van der Waals surface area contributed by atoms with E-state index in [0.717, 1.165) is 6.42 Å². The highest BCUT2D eigenvalue weighted by atomic mass is 16.5. The van der Waals surface area contributed by atoms with E-state index in [-0.39, 0.29) is 0 Å². The number of ether oxygens (including phenoxy) is 3. The van der Waals surface area contributed by atoms with Crippen LogP contribution in [0.25, 0.3) is 0 Å². The number of nitrogens with two attached hydrogens (primary N) is 1. The lowest BCUT2D eigenvalue weighted by Crippen LogP contribution is -2.10. The minimum Gasteiger partial charge on any atom is -0.489 e. The molecule has 17 heavy (non-hydrogen) atoms. The molecule has 2 rings (SSSR count). The van der Waals surface area contributed by atoms with E-state index < -0.39 is 5.97 Å². The Bertz CT molecular complexity index is 456. The van der Waals surface area contributed by atoms with Gasteiger partial charge in [-0.3, -0.25) is 0 Å². The molecule has 0 aromatic heterocycles. The number of hydrogen-bond acceptors (Lipinski definition) is 5. The Labute approximate surface area is 99.5 Å². The third-order valence-electron chi connectivity index (χ3n) is 2.70. The standard InChI is InChI=1S/C12H15NO4/c1-7-10(12(14)15-2)8(13)6-9-11(7)17-5-3-4-16-9/h6H,3-5,13H2,1-2H3. The fourth-order valence-corrected chi connectivity index (χ4v) is 1.87. The predicted octanol–water partition coefficient (Wildman–Crippen LogP) is 1.53. The van der Waals surface area contributed by atoms with Crippen LogP contribution >= 0.6 is 0 Å². The number of rotatable bonds is 1. The summed E-state index contributed by atoms with van der Waals surface area (Å²) in [5.74, 6) is 0.706. The van der Waals surface area contributed by atoms with Gasteiger partial charge >= 0.3 is 5.97 Å². The third-order valence-corrected chi connectivity index (χ3v) is 2.70. The van der Waals surface area contributed by atoms with Crippen LogP contribution in [0.5, 0.6) is 11.5 Å². The summed E-state index contributed by atoms with van der Waals surface area (Å²) in [6.07, 6.45) is 0.807. The second-order valence-electron chi connectivity index (χ2n) is 3.84. The molecule has 0 unspecified atom stereocenters. The van der Waals surface area contributed by atoms with Gasteiger partial charge in [-0.2, -0.15) is 0 Å². The maximum atomic E-state index is 11.6. The van der Waals surface area contributed by atoms with Crippen LogP contribution in [-0.4, -0.2) is 26.3 Å². The largest absolute Gasteiger partial charge is 0.489 e. The Kier molecular flexibility index (Phi) is 3.08. The highest BCUT2D eigenvalue weighted by Crippen LogP contribution is 2.38. The van der Waals surface area contributed by atoms with Crippen LogP contribution in [0.15, 0.2) is 6.07 Å². The van der Waals surface area contributed by atoms with Crippen LogP contribution in [0, 0.1) is 6.92 Å². The summed E-state index contributed by atoms with van der Waals surface area (Å²) in [7, 11) is 1.32. The zero-order valence-corrected chi connectivity index (χ0v) is 9.91. The molecule has 0 spiro atoms. The van der Waals surface area contributed by atoms with E-state index in [0.29, 0.717) is 41.5 Å². The molecule has 0 saturated heterocycles. The van der Waals surface area contributed by atoms with E-state index in [9.17, 15) is 4.79 Å². The summed E-state index contributed by atoms with van der Waals surface area (Å²) >= 11 is 0. The van der Waals surface area contributed by atoms with E-state index in [1.54, 1.807) is 13.0 Å². The van der Waals surface area contributed by atoms with E-state index >= 15 is 0 Å². The van der Waals surface area contributed by atoms with Crippen molar-refractivity contribution in [3.8, 4) is 11.5 Å². The molecule has 0 atom stereocenters. The van der Waals surface area contributed by atoms with Crippen molar-refractivity contribution < 1.29 is 19.0 Å². The van der Waals surface area contributed by atoms with Crippen LogP contribution in [-0.2, 0) is 4.74 Å². The van der Waals surface area contributed by atoms with Gasteiger partial charge in [0.1, 0.15) is 0 Å². The summed E-state index contributed by atoms with van der Waals surface area (Å²) in [4.78, 5) is 11.6. The molecule has 5 heteroatoms. The van der Waals surface area contributed by atoms with Crippen LogP contribution in [0.3, 0.4) is 0 Å². The molecule has 1 aliphatic rings. The number of nitrogen functional groups attached to an aromatic ring is 1. The lowest BCUT2D eigenvalue weighted by Gasteiger charge is -2.15. The number of anilines is 1. The number of carbonyl (C=O) groups is 1. The van der Waals surface area contributed by atoms with Gasteiger partial charge in [0, 0.05) is 18.1 Å². The molecule has 0 amide bonds. The molecule has 0 bridgehead atoms. The van der Waals surface area contributed by atoms with Crippen molar-refractivity contribution >= 4 is 11.7 Å². The first-order valence-corrected chi connectivity index (χ1v) is 5.42. The zero-order chi connectivity index (χ0) is 12.4. The first kappa shape index (κ1) is 11.6. The predicted molar refractivity (Wildman–Crippen MR) is 62.5 cm³/mol. The first-order chi connectivity index (χ1) is 8.15. The highest BCUT2D eigenvalue weighted by Gasteiger charge is 2.22. The van der Waals surface area contributed by atoms with Crippen molar-refractivity contribution in [3.05, 3.63) is 17.2 Å². The fraction of sp³-hybridized carbons (Fsp3) is 0.417. The Morgan fingerprint density at radius 3 is 2.82 bits per heavy atom. The molecule has 0 aliphatic carbocycles. The van der Waals surface area contributed by atoms with Gasteiger partial charge in [-0.05, 0) is 6.92 Å². The van der Waals surface area contributed by atoms with E-state index in [4.69, 9.17) is 19.9 Å². The summed E-state index contributed by atoms with van der Waals surface area (Å²) < 4.78 is 15.8. The maximum Gasteiger partial charge on any atom is 0.340 e. The van der Waals surface area contributed by atoms with Crippen LogP contribution < -0.4 is 15.2 Å². The molecule has 5 nitrogen and oxygen atoms in total. The van der Waals surface area contributed by atoms with Crippen LogP contribution in [0.4, 0.5) is 5.69 Å². The van der Waals surface area contributed by atoms with E-state index in [2.05, 4.69) is 0 Å². The van der Waals surface area contributed by atoms with Gasteiger partial charge in [-0.15, -0.1) is 0 Å². The normalized spacial score (nSPS) is 14.0. The minimum absolute atomic E-state index is 0.344. The zero-order valence-electron chi connectivity index (χ0n) is 9.91. The number of methoxy groups -OCH3 is 1. The van der Waals surface area contributed by atoms with Gasteiger partial charge in [0.15, 0.2) is 11.5 Å². The number of hydrogen-bond donors (Lipinski definition) is 1. The molecule has 0 saturated carbocycles. The summed E-state index contributed by atoms with van der Waals surface area (Å²) in [5.41, 5.74) is 7.19. The van der Waals surface area contributed by atoms with Crippen molar-refractivity contribution in [3.63, 3.8) is 0 Å². The lowest BCUT2D eigenvalue weighted by atomic mass is 10.0. The third kappa shape index (κ3) is 2.00. The molecular weight excluding hydrogens is 222 g/mol. The Morgan fingerprint density at radius 1 is 1.41 bits per heavy atom. The summed E-state index contributed by atoms with van der Waals surface area (Å²) in [5, 5.41) is 0. The summed E-state index contributed by atoms with van der Waals surface area (Å²) in [6.45, 7) is 2.93. The molecule has 1 aliphatic heterocycles. The second kappa shape index (κ2) is 4.53. The van der Waals surface area contributed by atoms with Crippen molar-refractivity contribution in [1.29, 1.82) is 0 Å². The van der Waals surface area contributed by atoms with Crippen LogP contribution in [0.2, 0.25) is 0 Å². The fourth-order valence-electron chi connectivity index (χ4n) is 1.87. The average Bonchev–Trinajstić information content (AvgIpc) is 2.54. The average molecular weight is 237 g/mol. The van der Waals surface area contributed by atoms with Gasteiger partial charge in [0.25, 0.3) is 0 Å². The summed E-state index contributed by atoms with van der Waals surface area (Å²) in [6, 6.07) is 1.61. The Hall–Kier alpha value is -1.91. The van der Waals surface area contributed by atoms with Gasteiger partial charge in [-0.25, -0.2) is 4.79 Å². The molecular formula is C12H15NO4.